The molecule has 0 fully saturated rings. The van der Waals surface area contributed by atoms with Gasteiger partial charge in [-0.1, -0.05) is 24.3 Å². The average Bonchev–Trinajstić information content (AvgIpc) is 2.88. The summed E-state index contributed by atoms with van der Waals surface area (Å²) in [5.41, 5.74) is 2.46. The highest BCUT2D eigenvalue weighted by Crippen LogP contribution is 2.12. The molecular formula is C15H17N3O2. The topological polar surface area (TPSA) is 55.2 Å². The maximum absolute atomic E-state index is 11.8. The van der Waals surface area contributed by atoms with Crippen LogP contribution in [0.15, 0.2) is 36.8 Å². The van der Waals surface area contributed by atoms with Crippen LogP contribution in [-0.2, 0) is 17.8 Å². The summed E-state index contributed by atoms with van der Waals surface area (Å²) in [6, 6.07) is 7.80. The number of imidazole rings is 1. The van der Waals surface area contributed by atoms with E-state index in [1.807, 2.05) is 28.8 Å². The molecule has 0 radical (unpaired) electrons. The number of nitrogens with zero attached hydrogens (tertiary/aromatic N) is 3. The summed E-state index contributed by atoms with van der Waals surface area (Å²) < 4.78 is 1.84. The van der Waals surface area contributed by atoms with Gasteiger partial charge in [0.2, 0.25) is 5.91 Å². The number of amides is 1. The summed E-state index contributed by atoms with van der Waals surface area (Å²) in [6.07, 6.45) is 4.40. The predicted octanol–water partition coefficient (Wildman–Crippen LogP) is 1.37. The van der Waals surface area contributed by atoms with Crippen molar-refractivity contribution in [3.8, 4) is 0 Å². The molecule has 5 nitrogen and oxygen atoms in total. The van der Waals surface area contributed by atoms with Crippen LogP contribution in [0.2, 0.25) is 0 Å². The normalized spacial score (nSPS) is 10.3. The number of carbonyl (C=O) groups excluding carboxylic acids is 2. The lowest BCUT2D eigenvalue weighted by molar-refractivity contribution is -0.127. The molecule has 0 atom stereocenters. The lowest BCUT2D eigenvalue weighted by atomic mass is 10.0. The SMILES string of the molecule is CN(C)C(=O)Cc1ccccc1Cn1cnc(C=O)c1. The van der Waals surface area contributed by atoms with E-state index in [1.165, 1.54) is 0 Å². The van der Waals surface area contributed by atoms with Gasteiger partial charge in [0, 0.05) is 26.8 Å². The Morgan fingerprint density at radius 1 is 1.30 bits per heavy atom. The number of hydrogen-bond acceptors (Lipinski definition) is 3. The standard InChI is InChI=1S/C15H17N3O2/c1-17(2)15(20)7-12-5-3-4-6-13(12)8-18-9-14(10-19)16-11-18/h3-6,9-11H,7-8H2,1-2H3. The Hall–Kier alpha value is -2.43. The van der Waals surface area contributed by atoms with Crippen LogP contribution in [0.5, 0.6) is 0 Å². The van der Waals surface area contributed by atoms with Crippen molar-refractivity contribution in [2.45, 2.75) is 13.0 Å². The highest BCUT2D eigenvalue weighted by Gasteiger charge is 2.10. The third-order valence-corrected chi connectivity index (χ3v) is 3.09. The Labute approximate surface area is 117 Å². The highest BCUT2D eigenvalue weighted by atomic mass is 16.2. The van der Waals surface area contributed by atoms with Gasteiger partial charge in [-0.2, -0.15) is 0 Å². The van der Waals surface area contributed by atoms with Crippen LogP contribution in [0, 0.1) is 0 Å². The Kier molecular flexibility index (Phi) is 4.30. The number of aromatic nitrogens is 2. The number of hydrogen-bond donors (Lipinski definition) is 0. The van der Waals surface area contributed by atoms with Crippen molar-refractivity contribution in [3.05, 3.63) is 53.6 Å². The van der Waals surface area contributed by atoms with Crippen LogP contribution in [-0.4, -0.2) is 40.7 Å². The zero-order chi connectivity index (χ0) is 14.5. The molecule has 1 heterocycles. The molecule has 0 unspecified atom stereocenters. The molecule has 2 aromatic rings. The summed E-state index contributed by atoms with van der Waals surface area (Å²) in [5, 5.41) is 0. The second-order valence-corrected chi connectivity index (χ2v) is 4.82. The Morgan fingerprint density at radius 3 is 2.60 bits per heavy atom. The molecule has 0 aliphatic heterocycles. The van der Waals surface area contributed by atoms with Gasteiger partial charge in [-0.25, -0.2) is 4.98 Å². The maximum Gasteiger partial charge on any atom is 0.226 e. The van der Waals surface area contributed by atoms with Gasteiger partial charge < -0.3 is 9.47 Å². The number of rotatable bonds is 5. The van der Waals surface area contributed by atoms with Gasteiger partial charge in [-0.3, -0.25) is 9.59 Å². The smallest absolute Gasteiger partial charge is 0.226 e. The molecule has 2 rings (SSSR count). The fraction of sp³-hybridized carbons (Fsp3) is 0.267. The molecule has 0 aliphatic rings. The second-order valence-electron chi connectivity index (χ2n) is 4.82. The minimum absolute atomic E-state index is 0.0664. The van der Waals surface area contributed by atoms with Crippen LogP contribution in [0.4, 0.5) is 0 Å². The highest BCUT2D eigenvalue weighted by molar-refractivity contribution is 5.78. The summed E-state index contributed by atoms with van der Waals surface area (Å²) in [6.45, 7) is 0.595. The van der Waals surface area contributed by atoms with E-state index in [0.717, 1.165) is 17.4 Å². The molecule has 104 valence electrons. The fourth-order valence-electron chi connectivity index (χ4n) is 1.93. The first-order valence-electron chi connectivity index (χ1n) is 6.34. The van der Waals surface area contributed by atoms with Crippen LogP contribution >= 0.6 is 0 Å². The van der Waals surface area contributed by atoms with E-state index >= 15 is 0 Å². The molecule has 0 saturated heterocycles. The minimum Gasteiger partial charge on any atom is -0.349 e. The first-order valence-corrected chi connectivity index (χ1v) is 6.34. The third kappa shape index (κ3) is 3.32. The summed E-state index contributed by atoms with van der Waals surface area (Å²) in [4.78, 5) is 28.0. The summed E-state index contributed by atoms with van der Waals surface area (Å²) >= 11 is 0. The first-order chi connectivity index (χ1) is 9.60. The van der Waals surface area contributed by atoms with E-state index in [1.54, 1.807) is 31.5 Å². The van der Waals surface area contributed by atoms with Crippen LogP contribution in [0.1, 0.15) is 21.6 Å². The Balaban J connectivity index is 2.19. The first kappa shape index (κ1) is 14.0. The summed E-state index contributed by atoms with van der Waals surface area (Å²) in [5.74, 6) is 0.0664. The van der Waals surface area contributed by atoms with Gasteiger partial charge in [0.05, 0.1) is 12.7 Å². The molecule has 0 saturated carbocycles. The molecule has 0 spiro atoms. The molecular weight excluding hydrogens is 254 g/mol. The van der Waals surface area contributed by atoms with Crippen molar-refractivity contribution in [2.75, 3.05) is 14.1 Å². The average molecular weight is 271 g/mol. The van der Waals surface area contributed by atoms with E-state index in [0.29, 0.717) is 18.7 Å². The lowest BCUT2D eigenvalue weighted by Crippen LogP contribution is -2.24. The number of likely N-dealkylation sites (N-methyl/N-ethyl adjacent to an activating group) is 1. The molecule has 0 aliphatic carbocycles. The van der Waals surface area contributed by atoms with Gasteiger partial charge in [0.1, 0.15) is 5.69 Å². The molecule has 20 heavy (non-hydrogen) atoms. The zero-order valence-electron chi connectivity index (χ0n) is 11.6. The van der Waals surface area contributed by atoms with E-state index in [4.69, 9.17) is 0 Å². The number of carbonyl (C=O) groups is 2. The van der Waals surface area contributed by atoms with Gasteiger partial charge in [0.15, 0.2) is 6.29 Å². The second kappa shape index (κ2) is 6.14. The summed E-state index contributed by atoms with van der Waals surface area (Å²) in [7, 11) is 3.49. The molecule has 1 amide bonds. The van der Waals surface area contributed by atoms with Crippen molar-refractivity contribution >= 4 is 12.2 Å². The van der Waals surface area contributed by atoms with Crippen molar-refractivity contribution in [3.63, 3.8) is 0 Å². The minimum atomic E-state index is 0.0664. The van der Waals surface area contributed by atoms with Gasteiger partial charge in [-0.05, 0) is 11.1 Å². The lowest BCUT2D eigenvalue weighted by Gasteiger charge is -2.13. The van der Waals surface area contributed by atoms with Gasteiger partial charge >= 0.3 is 0 Å². The Bertz CT molecular complexity index is 617. The van der Waals surface area contributed by atoms with Crippen LogP contribution in [0.25, 0.3) is 0 Å². The monoisotopic (exact) mass is 271 g/mol. The number of aldehydes is 1. The number of benzene rings is 1. The van der Waals surface area contributed by atoms with Crippen LogP contribution < -0.4 is 0 Å². The predicted molar refractivity (Wildman–Crippen MR) is 75.6 cm³/mol. The van der Waals surface area contributed by atoms with Crippen molar-refractivity contribution in [2.24, 2.45) is 0 Å². The third-order valence-electron chi connectivity index (χ3n) is 3.09. The van der Waals surface area contributed by atoms with E-state index in [-0.39, 0.29) is 5.91 Å². The Morgan fingerprint density at radius 2 is 2.00 bits per heavy atom. The van der Waals surface area contributed by atoms with E-state index < -0.39 is 0 Å². The molecule has 1 aromatic carbocycles. The van der Waals surface area contributed by atoms with E-state index in [9.17, 15) is 9.59 Å². The molecule has 5 heteroatoms. The molecule has 0 bridgehead atoms. The van der Waals surface area contributed by atoms with Gasteiger partial charge in [-0.15, -0.1) is 0 Å². The largest absolute Gasteiger partial charge is 0.349 e. The van der Waals surface area contributed by atoms with Crippen LogP contribution in [0.3, 0.4) is 0 Å². The maximum atomic E-state index is 11.8. The molecule has 1 aromatic heterocycles. The fourth-order valence-corrected chi connectivity index (χ4v) is 1.93. The van der Waals surface area contributed by atoms with Crippen molar-refractivity contribution in [1.29, 1.82) is 0 Å². The zero-order valence-corrected chi connectivity index (χ0v) is 11.6. The quantitative estimate of drug-likeness (QED) is 0.772. The van der Waals surface area contributed by atoms with Crippen molar-refractivity contribution < 1.29 is 9.59 Å². The molecule has 0 N–H and O–H groups in total. The van der Waals surface area contributed by atoms with E-state index in [2.05, 4.69) is 4.98 Å². The van der Waals surface area contributed by atoms with Gasteiger partial charge in [0.25, 0.3) is 0 Å². The van der Waals surface area contributed by atoms with Crippen molar-refractivity contribution in [1.82, 2.24) is 14.5 Å².